The lowest BCUT2D eigenvalue weighted by Gasteiger charge is -2.03. The van der Waals surface area contributed by atoms with Crippen molar-refractivity contribution in [2.24, 2.45) is 0 Å². The van der Waals surface area contributed by atoms with Crippen LogP contribution in [0.2, 0.25) is 5.02 Å². The van der Waals surface area contributed by atoms with Gasteiger partial charge in [0.05, 0.1) is 10.6 Å². The highest BCUT2D eigenvalue weighted by molar-refractivity contribution is 9.10. The minimum Gasteiger partial charge on any atom is -0.452 e. The quantitative estimate of drug-likeness (QED) is 0.610. The molecule has 1 aromatic heterocycles. The molecule has 0 amide bonds. The molecular weight excluding hydrogens is 384 g/mol. The van der Waals surface area contributed by atoms with Gasteiger partial charge in [0.2, 0.25) is 5.82 Å². The second-order valence-electron chi connectivity index (χ2n) is 4.55. The average Bonchev–Trinajstić information content (AvgIpc) is 3.02. The molecule has 2 aromatic carbocycles. The third-order valence-corrected chi connectivity index (χ3v) is 4.02. The second kappa shape index (κ2) is 6.93. The molecule has 0 N–H and O–H groups in total. The summed E-state index contributed by atoms with van der Waals surface area (Å²) in [6.07, 6.45) is 0. The van der Waals surface area contributed by atoms with Crippen LogP contribution < -0.4 is 0 Å². The number of ether oxygens (including phenoxy) is 1. The number of esters is 1. The molecule has 0 fully saturated rings. The topological polar surface area (TPSA) is 65.2 Å². The lowest BCUT2D eigenvalue weighted by Crippen LogP contribution is -2.06. The van der Waals surface area contributed by atoms with Crippen molar-refractivity contribution >= 4 is 33.5 Å². The molecule has 116 valence electrons. The lowest BCUT2D eigenvalue weighted by atomic mass is 10.2. The van der Waals surface area contributed by atoms with Gasteiger partial charge in [-0.15, -0.1) is 0 Å². The van der Waals surface area contributed by atoms with E-state index in [4.69, 9.17) is 20.9 Å². The van der Waals surface area contributed by atoms with Crippen molar-refractivity contribution in [3.63, 3.8) is 0 Å². The fourth-order valence-electron chi connectivity index (χ4n) is 1.90. The molecule has 0 atom stereocenters. The van der Waals surface area contributed by atoms with Crippen molar-refractivity contribution in [3.05, 3.63) is 69.5 Å². The fraction of sp³-hybridized carbons (Fsp3) is 0.0625. The summed E-state index contributed by atoms with van der Waals surface area (Å²) in [6.45, 7) is -0.113. The summed E-state index contributed by atoms with van der Waals surface area (Å²) in [4.78, 5) is 16.2. The number of aromatic nitrogens is 2. The molecule has 1 heterocycles. The van der Waals surface area contributed by atoms with Crippen molar-refractivity contribution < 1.29 is 14.1 Å². The Bertz CT molecular complexity index is 851. The molecule has 0 aliphatic rings. The van der Waals surface area contributed by atoms with Crippen LogP contribution in [0, 0.1) is 0 Å². The Morgan fingerprint density at radius 3 is 2.70 bits per heavy atom. The zero-order valence-corrected chi connectivity index (χ0v) is 14.0. The lowest BCUT2D eigenvalue weighted by molar-refractivity contribution is 0.0428. The Hall–Kier alpha value is -2.18. The van der Waals surface area contributed by atoms with Crippen LogP contribution in [-0.2, 0) is 11.3 Å². The largest absolute Gasteiger partial charge is 0.452 e. The number of carbonyl (C=O) groups excluding carboxylic acids is 1. The SMILES string of the molecule is O=C(OCc1nc(-c2ccccc2Cl)no1)c1ccccc1Br. The Balaban J connectivity index is 1.70. The van der Waals surface area contributed by atoms with Gasteiger partial charge >= 0.3 is 5.97 Å². The monoisotopic (exact) mass is 392 g/mol. The fourth-order valence-corrected chi connectivity index (χ4v) is 2.56. The first-order valence-electron chi connectivity index (χ1n) is 6.64. The minimum absolute atomic E-state index is 0.113. The summed E-state index contributed by atoms with van der Waals surface area (Å²) in [7, 11) is 0. The number of benzene rings is 2. The van der Waals surface area contributed by atoms with E-state index in [0.717, 1.165) is 0 Å². The first-order chi connectivity index (χ1) is 11.1. The van der Waals surface area contributed by atoms with Crippen molar-refractivity contribution in [1.82, 2.24) is 10.1 Å². The van der Waals surface area contributed by atoms with Crippen molar-refractivity contribution in [2.45, 2.75) is 6.61 Å². The van der Waals surface area contributed by atoms with Gasteiger partial charge in [-0.25, -0.2) is 4.79 Å². The standard InChI is InChI=1S/C16H10BrClN2O3/c17-12-7-3-1-5-10(12)16(21)22-9-14-19-15(20-23-14)11-6-2-4-8-13(11)18/h1-8H,9H2. The van der Waals surface area contributed by atoms with Crippen LogP contribution in [0.25, 0.3) is 11.4 Å². The molecule has 0 unspecified atom stereocenters. The highest BCUT2D eigenvalue weighted by Crippen LogP contribution is 2.25. The summed E-state index contributed by atoms with van der Waals surface area (Å²) < 4.78 is 10.9. The van der Waals surface area contributed by atoms with E-state index in [-0.39, 0.29) is 12.5 Å². The van der Waals surface area contributed by atoms with Gasteiger partial charge in [0.15, 0.2) is 6.61 Å². The predicted molar refractivity (Wildman–Crippen MR) is 88.0 cm³/mol. The molecule has 0 radical (unpaired) electrons. The summed E-state index contributed by atoms with van der Waals surface area (Å²) in [5.41, 5.74) is 1.08. The molecule has 0 spiro atoms. The smallest absolute Gasteiger partial charge is 0.339 e. The Morgan fingerprint density at radius 2 is 1.91 bits per heavy atom. The second-order valence-corrected chi connectivity index (χ2v) is 5.81. The van der Waals surface area contributed by atoms with Crippen molar-refractivity contribution in [1.29, 1.82) is 0 Å². The third kappa shape index (κ3) is 3.60. The molecule has 0 aliphatic carbocycles. The van der Waals surface area contributed by atoms with Gasteiger partial charge in [-0.1, -0.05) is 41.0 Å². The Labute approximate surface area is 145 Å². The van der Waals surface area contributed by atoms with Gasteiger partial charge < -0.3 is 9.26 Å². The maximum atomic E-state index is 12.0. The van der Waals surface area contributed by atoms with Crippen LogP contribution in [0.15, 0.2) is 57.5 Å². The van der Waals surface area contributed by atoms with E-state index in [1.165, 1.54) is 0 Å². The van der Waals surface area contributed by atoms with Crippen LogP contribution >= 0.6 is 27.5 Å². The molecular formula is C16H10BrClN2O3. The summed E-state index contributed by atoms with van der Waals surface area (Å²) >= 11 is 9.38. The Morgan fingerprint density at radius 1 is 1.17 bits per heavy atom. The molecule has 0 aliphatic heterocycles. The highest BCUT2D eigenvalue weighted by Gasteiger charge is 2.15. The van der Waals surface area contributed by atoms with E-state index >= 15 is 0 Å². The van der Waals surface area contributed by atoms with E-state index < -0.39 is 5.97 Å². The van der Waals surface area contributed by atoms with Gasteiger partial charge in [-0.3, -0.25) is 0 Å². The third-order valence-electron chi connectivity index (χ3n) is 3.00. The first kappa shape index (κ1) is 15.7. The maximum absolute atomic E-state index is 12.0. The highest BCUT2D eigenvalue weighted by atomic mass is 79.9. The molecule has 5 nitrogen and oxygen atoms in total. The van der Waals surface area contributed by atoms with Crippen LogP contribution in [0.5, 0.6) is 0 Å². The summed E-state index contributed by atoms with van der Waals surface area (Å²) in [5, 5.41) is 4.36. The van der Waals surface area contributed by atoms with Gasteiger partial charge in [-0.05, 0) is 40.2 Å². The van der Waals surface area contributed by atoms with Crippen LogP contribution in [-0.4, -0.2) is 16.1 Å². The average molecular weight is 394 g/mol. The first-order valence-corrected chi connectivity index (χ1v) is 7.81. The maximum Gasteiger partial charge on any atom is 0.339 e. The number of nitrogens with zero attached hydrogens (tertiary/aromatic N) is 2. The summed E-state index contributed by atoms with van der Waals surface area (Å²) in [5.74, 6) is 0.0674. The summed E-state index contributed by atoms with van der Waals surface area (Å²) in [6, 6.07) is 14.1. The molecule has 3 rings (SSSR count). The molecule has 0 bridgehead atoms. The van der Waals surface area contributed by atoms with Crippen molar-refractivity contribution in [2.75, 3.05) is 0 Å². The number of rotatable bonds is 4. The molecule has 7 heteroatoms. The zero-order valence-electron chi connectivity index (χ0n) is 11.7. The molecule has 0 saturated carbocycles. The normalized spacial score (nSPS) is 10.5. The van der Waals surface area contributed by atoms with Gasteiger partial charge in [0.25, 0.3) is 5.89 Å². The van der Waals surface area contributed by atoms with Gasteiger partial charge in [-0.2, -0.15) is 4.98 Å². The van der Waals surface area contributed by atoms with Gasteiger partial charge in [0, 0.05) is 10.0 Å². The van der Waals surface area contributed by atoms with E-state index in [9.17, 15) is 4.79 Å². The van der Waals surface area contributed by atoms with Crippen LogP contribution in [0.4, 0.5) is 0 Å². The molecule has 0 saturated heterocycles. The van der Waals surface area contributed by atoms with Crippen molar-refractivity contribution in [3.8, 4) is 11.4 Å². The van der Waals surface area contributed by atoms with Crippen LogP contribution in [0.3, 0.4) is 0 Å². The number of carbonyl (C=O) groups is 1. The van der Waals surface area contributed by atoms with E-state index in [0.29, 0.717) is 26.4 Å². The number of halogens is 2. The predicted octanol–water partition coefficient (Wildman–Crippen LogP) is 4.51. The number of hydrogen-bond acceptors (Lipinski definition) is 5. The van der Waals surface area contributed by atoms with E-state index in [2.05, 4.69) is 26.1 Å². The Kier molecular flexibility index (Phi) is 4.73. The zero-order chi connectivity index (χ0) is 16.2. The molecule has 23 heavy (non-hydrogen) atoms. The van der Waals surface area contributed by atoms with Gasteiger partial charge in [0.1, 0.15) is 0 Å². The van der Waals surface area contributed by atoms with Crippen LogP contribution in [0.1, 0.15) is 16.2 Å². The number of hydrogen-bond donors (Lipinski definition) is 0. The molecule has 3 aromatic rings. The van der Waals surface area contributed by atoms with E-state index in [1.807, 2.05) is 18.2 Å². The minimum atomic E-state index is -0.477. The van der Waals surface area contributed by atoms with E-state index in [1.54, 1.807) is 30.3 Å².